The Hall–Kier alpha value is -3.53. The summed E-state index contributed by atoms with van der Waals surface area (Å²) >= 11 is 13.0. The van der Waals surface area contributed by atoms with E-state index < -0.39 is 55.9 Å². The molecule has 3 N–H and O–H groups in total. The molecule has 3 amide bonds. The largest absolute Gasteiger partial charge is 0.326 e. The second-order valence-electron chi connectivity index (χ2n) is 11.9. The maximum Gasteiger partial charge on any atom is 0.264 e. The number of hydrogen-bond acceptors (Lipinski definition) is 8. The quantitative estimate of drug-likeness (QED) is 0.262. The lowest BCUT2D eigenvalue weighted by Crippen LogP contribution is -2.59. The third-order valence-corrected chi connectivity index (χ3v) is 10.1. The second kappa shape index (κ2) is 14.5. The van der Waals surface area contributed by atoms with E-state index in [0.717, 1.165) is 25.4 Å². The number of fused-ring (bicyclic) bond motifs is 1. The molecular formula is C32H34Cl2N4O8S2. The Kier molecular flexibility index (Phi) is 10.8. The minimum Gasteiger partial charge on any atom is -0.326 e. The van der Waals surface area contributed by atoms with Gasteiger partial charge in [0.25, 0.3) is 17.7 Å². The van der Waals surface area contributed by atoms with E-state index in [4.69, 9.17) is 28.0 Å². The zero-order chi connectivity index (χ0) is 34.8. The molecule has 1 heterocycles. The van der Waals surface area contributed by atoms with Crippen molar-refractivity contribution in [1.29, 1.82) is 0 Å². The first-order chi connectivity index (χ1) is 22.6. The lowest BCUT2D eigenvalue weighted by Gasteiger charge is -2.49. The average Bonchev–Trinajstić information content (AvgIpc) is 3.00. The summed E-state index contributed by atoms with van der Waals surface area (Å²) in [4.78, 5) is 48.1. The summed E-state index contributed by atoms with van der Waals surface area (Å²) < 4.78 is 52.4. The Balaban J connectivity index is 1.51. The van der Waals surface area contributed by atoms with Crippen LogP contribution >= 0.6 is 23.2 Å². The predicted octanol–water partition coefficient (Wildman–Crippen LogP) is 4.07. The lowest BCUT2D eigenvalue weighted by atomic mass is 9.76. The third kappa shape index (κ3) is 8.36. The highest BCUT2D eigenvalue weighted by Crippen LogP contribution is 2.47. The summed E-state index contributed by atoms with van der Waals surface area (Å²) in [7, 11) is -7.42. The van der Waals surface area contributed by atoms with Crippen molar-refractivity contribution in [2.24, 2.45) is 0 Å². The van der Waals surface area contributed by atoms with Gasteiger partial charge in [0.15, 0.2) is 0 Å². The monoisotopic (exact) mass is 736 g/mol. The molecule has 4 atom stereocenters. The number of halogens is 2. The van der Waals surface area contributed by atoms with Gasteiger partial charge in [-0.1, -0.05) is 72.4 Å². The Morgan fingerprint density at radius 1 is 0.896 bits per heavy atom. The van der Waals surface area contributed by atoms with Crippen molar-refractivity contribution in [3.63, 3.8) is 0 Å². The maximum absolute atomic E-state index is 14.4. The number of benzene rings is 3. The van der Waals surface area contributed by atoms with E-state index in [9.17, 15) is 31.2 Å². The number of carbonyl (C=O) groups excluding carboxylic acids is 3. The molecule has 5 rings (SSSR count). The van der Waals surface area contributed by atoms with Crippen LogP contribution in [0.2, 0.25) is 10.0 Å². The average molecular weight is 738 g/mol. The first-order valence-corrected chi connectivity index (χ1v) is 19.5. The van der Waals surface area contributed by atoms with Crippen molar-refractivity contribution in [3.8, 4) is 0 Å². The molecule has 1 saturated carbocycles. The highest BCUT2D eigenvalue weighted by atomic mass is 35.5. The molecule has 0 radical (unpaired) electrons. The first kappa shape index (κ1) is 35.8. The molecule has 1 aliphatic carbocycles. The molecule has 0 bridgehead atoms. The van der Waals surface area contributed by atoms with E-state index in [2.05, 4.69) is 10.2 Å². The van der Waals surface area contributed by atoms with Crippen LogP contribution in [-0.2, 0) is 36.3 Å². The molecule has 256 valence electrons. The smallest absolute Gasteiger partial charge is 0.264 e. The molecule has 3 aromatic carbocycles. The van der Waals surface area contributed by atoms with Gasteiger partial charge in [0, 0.05) is 33.3 Å². The van der Waals surface area contributed by atoms with Gasteiger partial charge in [0.05, 0.1) is 31.1 Å². The number of nitrogens with zero attached hydrogens (tertiary/aromatic N) is 1. The van der Waals surface area contributed by atoms with Crippen LogP contribution in [-0.4, -0.2) is 64.1 Å². The zero-order valence-electron chi connectivity index (χ0n) is 26.0. The number of amides is 3. The normalized spacial score (nSPS) is 21.3. The number of rotatable bonds is 10. The molecule has 48 heavy (non-hydrogen) atoms. The van der Waals surface area contributed by atoms with E-state index in [-0.39, 0.29) is 28.7 Å². The SMILES string of the molecule is CS(=O)(=O)NC(=O)c1cccc(CONC(=O)C2c3ccccc3C(=O)N(C3CCCCC3NS(C)(=O)=O)C2c2ccc(Cl)cc2Cl)c1. The van der Waals surface area contributed by atoms with Crippen LogP contribution in [0.3, 0.4) is 0 Å². The number of nitrogens with one attached hydrogen (secondary N) is 3. The maximum atomic E-state index is 14.4. The lowest BCUT2D eigenvalue weighted by molar-refractivity contribution is -0.138. The van der Waals surface area contributed by atoms with Gasteiger partial charge in [-0.25, -0.2) is 31.8 Å². The Morgan fingerprint density at radius 3 is 2.33 bits per heavy atom. The van der Waals surface area contributed by atoms with Crippen molar-refractivity contribution in [2.75, 3.05) is 12.5 Å². The van der Waals surface area contributed by atoms with E-state index in [0.29, 0.717) is 34.6 Å². The van der Waals surface area contributed by atoms with Crippen LogP contribution in [0.4, 0.5) is 0 Å². The van der Waals surface area contributed by atoms with Gasteiger partial charge in [-0.3, -0.25) is 19.2 Å². The Bertz CT molecular complexity index is 1960. The minimum atomic E-state index is -3.78. The fourth-order valence-electron chi connectivity index (χ4n) is 6.41. The number of hydrogen-bond donors (Lipinski definition) is 3. The van der Waals surface area contributed by atoms with Gasteiger partial charge in [-0.2, -0.15) is 0 Å². The Morgan fingerprint density at radius 2 is 1.62 bits per heavy atom. The molecule has 0 spiro atoms. The van der Waals surface area contributed by atoms with E-state index in [1.54, 1.807) is 53.4 Å². The number of carbonyl (C=O) groups is 3. The molecule has 3 aromatic rings. The molecule has 1 aliphatic heterocycles. The summed E-state index contributed by atoms with van der Waals surface area (Å²) in [6.45, 7) is -0.182. The standard InChI is InChI=1S/C32H34Cl2N4O8S2/c1-47(42,43)36-26-12-5-6-13-27(26)38-29(24-15-14-21(33)17-25(24)34)28(22-10-3-4-11-23(22)32(38)41)31(40)35-46-18-19-8-7-9-20(16-19)30(39)37-48(2,44)45/h3-4,7-11,14-17,26-29,36H,5-6,12-13,18H2,1-2H3,(H,35,40)(H,37,39). The van der Waals surface area contributed by atoms with E-state index in [1.165, 1.54) is 18.2 Å². The van der Waals surface area contributed by atoms with Crippen LogP contribution < -0.4 is 14.9 Å². The van der Waals surface area contributed by atoms with E-state index >= 15 is 0 Å². The Labute approximate surface area is 289 Å². The highest BCUT2D eigenvalue weighted by molar-refractivity contribution is 7.89. The summed E-state index contributed by atoms with van der Waals surface area (Å²) in [5, 5.41) is 0.569. The fraction of sp³-hybridized carbons (Fsp3) is 0.344. The number of sulfonamides is 2. The summed E-state index contributed by atoms with van der Waals surface area (Å²) in [5.74, 6) is -2.85. The fourth-order valence-corrected chi connectivity index (χ4v) is 8.21. The van der Waals surface area contributed by atoms with Crippen molar-refractivity contribution < 1.29 is 36.1 Å². The first-order valence-electron chi connectivity index (χ1n) is 15.0. The van der Waals surface area contributed by atoms with Crippen LogP contribution in [0.1, 0.15) is 75.0 Å². The van der Waals surface area contributed by atoms with Gasteiger partial charge in [0.1, 0.15) is 0 Å². The van der Waals surface area contributed by atoms with Crippen molar-refractivity contribution in [1.82, 2.24) is 19.8 Å². The molecule has 16 heteroatoms. The zero-order valence-corrected chi connectivity index (χ0v) is 29.1. The van der Waals surface area contributed by atoms with Crippen molar-refractivity contribution >= 4 is 61.0 Å². The predicted molar refractivity (Wildman–Crippen MR) is 180 cm³/mol. The van der Waals surface area contributed by atoms with Gasteiger partial charge in [0.2, 0.25) is 20.0 Å². The van der Waals surface area contributed by atoms with Crippen molar-refractivity contribution in [2.45, 2.75) is 56.3 Å². The molecule has 1 fully saturated rings. The molecular weight excluding hydrogens is 703 g/mol. The van der Waals surface area contributed by atoms with E-state index in [1.807, 2.05) is 4.72 Å². The number of hydroxylamine groups is 1. The highest BCUT2D eigenvalue weighted by Gasteiger charge is 2.49. The van der Waals surface area contributed by atoms with Gasteiger partial charge in [-0.15, -0.1) is 0 Å². The van der Waals surface area contributed by atoms with Crippen LogP contribution in [0.25, 0.3) is 0 Å². The third-order valence-electron chi connectivity index (χ3n) is 8.27. The molecule has 4 unspecified atom stereocenters. The minimum absolute atomic E-state index is 0.0744. The van der Waals surface area contributed by atoms with Gasteiger partial charge >= 0.3 is 0 Å². The molecule has 2 aliphatic rings. The molecule has 0 saturated heterocycles. The van der Waals surface area contributed by atoms with Gasteiger partial charge < -0.3 is 4.90 Å². The van der Waals surface area contributed by atoms with Crippen LogP contribution in [0, 0.1) is 0 Å². The topological polar surface area (TPSA) is 168 Å². The summed E-state index contributed by atoms with van der Waals surface area (Å²) in [6, 6.07) is 15.3. The second-order valence-corrected chi connectivity index (χ2v) is 16.3. The van der Waals surface area contributed by atoms with Crippen LogP contribution in [0.5, 0.6) is 0 Å². The summed E-state index contributed by atoms with van der Waals surface area (Å²) in [5.41, 5.74) is 4.19. The van der Waals surface area contributed by atoms with Gasteiger partial charge in [-0.05, 0) is 59.9 Å². The van der Waals surface area contributed by atoms with Crippen LogP contribution in [0.15, 0.2) is 66.7 Å². The molecule has 0 aromatic heterocycles. The van der Waals surface area contributed by atoms with Crippen molar-refractivity contribution in [3.05, 3.63) is 105 Å². The molecule has 12 nitrogen and oxygen atoms in total. The summed E-state index contributed by atoms with van der Waals surface area (Å²) in [6.07, 6.45) is 4.40.